The largest absolute Gasteiger partial charge is 0.366 e. The molecule has 1 N–H and O–H groups in total. The van der Waals surface area contributed by atoms with E-state index in [2.05, 4.69) is 34.3 Å². The molecule has 0 atom stereocenters. The van der Waals surface area contributed by atoms with Crippen molar-refractivity contribution in [2.75, 3.05) is 13.1 Å². The van der Waals surface area contributed by atoms with Crippen LogP contribution in [0.2, 0.25) is 0 Å². The second kappa shape index (κ2) is 4.42. The lowest BCUT2D eigenvalue weighted by atomic mass is 10.0. The van der Waals surface area contributed by atoms with Gasteiger partial charge in [0.1, 0.15) is 0 Å². The van der Waals surface area contributed by atoms with E-state index in [1.807, 2.05) is 0 Å². The molecule has 2 heterocycles. The zero-order chi connectivity index (χ0) is 11.7. The molecule has 3 rings (SSSR count). The second-order valence-corrected chi connectivity index (χ2v) is 5.57. The minimum absolute atomic E-state index is 0.0249. The van der Waals surface area contributed by atoms with Gasteiger partial charge in [-0.3, -0.25) is 4.68 Å². The molecule has 0 bridgehead atoms. The summed E-state index contributed by atoms with van der Waals surface area (Å²) in [7, 11) is 0. The number of hydrogen-bond acceptors (Lipinski definition) is 3. The quantitative estimate of drug-likeness (QED) is 0.866. The first-order valence-electron chi connectivity index (χ1n) is 6.64. The van der Waals surface area contributed by atoms with Crippen molar-refractivity contribution in [3.8, 4) is 0 Å². The van der Waals surface area contributed by atoms with Crippen LogP contribution in [-0.4, -0.2) is 28.5 Å². The van der Waals surface area contributed by atoms with E-state index < -0.39 is 0 Å². The molecule has 0 radical (unpaired) electrons. The van der Waals surface area contributed by atoms with Crippen molar-refractivity contribution in [3.63, 3.8) is 0 Å². The van der Waals surface area contributed by atoms with Crippen LogP contribution in [0.1, 0.15) is 44.3 Å². The molecule has 1 aromatic rings. The average Bonchev–Trinajstić information content (AvgIpc) is 2.93. The van der Waals surface area contributed by atoms with Gasteiger partial charge < -0.3 is 10.1 Å². The van der Waals surface area contributed by atoms with Crippen LogP contribution < -0.4 is 5.32 Å². The molecule has 1 aliphatic heterocycles. The van der Waals surface area contributed by atoms with Crippen molar-refractivity contribution in [1.29, 1.82) is 0 Å². The van der Waals surface area contributed by atoms with E-state index in [-0.39, 0.29) is 5.60 Å². The van der Waals surface area contributed by atoms with E-state index in [4.69, 9.17) is 4.74 Å². The van der Waals surface area contributed by atoms with Crippen LogP contribution in [0.25, 0.3) is 0 Å². The SMILES string of the molecule is CC1(OCc2ccn(C3CCCC3)n2)CNC1. The van der Waals surface area contributed by atoms with Crippen LogP contribution in [0.3, 0.4) is 0 Å². The van der Waals surface area contributed by atoms with Crippen LogP contribution >= 0.6 is 0 Å². The zero-order valence-electron chi connectivity index (χ0n) is 10.5. The molecule has 4 heteroatoms. The van der Waals surface area contributed by atoms with Crippen molar-refractivity contribution in [2.24, 2.45) is 0 Å². The average molecular weight is 235 g/mol. The summed E-state index contributed by atoms with van der Waals surface area (Å²) < 4.78 is 8.02. The Morgan fingerprint density at radius 3 is 2.88 bits per heavy atom. The Bertz CT molecular complexity index is 378. The fraction of sp³-hybridized carbons (Fsp3) is 0.769. The molecule has 1 saturated heterocycles. The van der Waals surface area contributed by atoms with Gasteiger partial charge in [0, 0.05) is 19.3 Å². The highest BCUT2D eigenvalue weighted by Crippen LogP contribution is 2.28. The molecule has 1 saturated carbocycles. The molecule has 0 unspecified atom stereocenters. The minimum Gasteiger partial charge on any atom is -0.366 e. The highest BCUT2D eigenvalue weighted by molar-refractivity contribution is 5.00. The smallest absolute Gasteiger partial charge is 0.0915 e. The van der Waals surface area contributed by atoms with Gasteiger partial charge in [-0.1, -0.05) is 12.8 Å². The predicted molar refractivity (Wildman–Crippen MR) is 65.8 cm³/mol. The summed E-state index contributed by atoms with van der Waals surface area (Å²) in [5.41, 5.74) is 1.09. The normalized spacial score (nSPS) is 23.8. The standard InChI is InChI=1S/C13H21N3O/c1-13(9-14-10-13)17-8-11-6-7-16(15-11)12-4-2-3-5-12/h6-7,12,14H,2-5,8-10H2,1H3. The summed E-state index contributed by atoms with van der Waals surface area (Å²) in [5, 5.41) is 7.86. The van der Waals surface area contributed by atoms with Crippen LogP contribution in [0.4, 0.5) is 0 Å². The van der Waals surface area contributed by atoms with E-state index in [0.717, 1.165) is 18.8 Å². The van der Waals surface area contributed by atoms with E-state index >= 15 is 0 Å². The highest BCUT2D eigenvalue weighted by Gasteiger charge is 2.32. The number of rotatable bonds is 4. The fourth-order valence-electron chi connectivity index (χ4n) is 2.65. The number of ether oxygens (including phenoxy) is 1. The van der Waals surface area contributed by atoms with Crippen molar-refractivity contribution in [3.05, 3.63) is 18.0 Å². The molecule has 1 aliphatic carbocycles. The Labute approximate surface area is 102 Å². The number of hydrogen-bond donors (Lipinski definition) is 1. The lowest BCUT2D eigenvalue weighted by Crippen LogP contribution is -2.58. The molecule has 17 heavy (non-hydrogen) atoms. The van der Waals surface area contributed by atoms with Crippen molar-refractivity contribution >= 4 is 0 Å². The van der Waals surface area contributed by atoms with Crippen molar-refractivity contribution < 1.29 is 4.74 Å². The van der Waals surface area contributed by atoms with E-state index in [1.165, 1.54) is 25.7 Å². The monoisotopic (exact) mass is 235 g/mol. The lowest BCUT2D eigenvalue weighted by molar-refractivity contribution is -0.0779. The number of aromatic nitrogens is 2. The van der Waals surface area contributed by atoms with Gasteiger partial charge in [0.25, 0.3) is 0 Å². The van der Waals surface area contributed by atoms with Gasteiger partial charge in [0.05, 0.1) is 23.9 Å². The number of nitrogens with one attached hydrogen (secondary N) is 1. The van der Waals surface area contributed by atoms with Gasteiger partial charge in [-0.05, 0) is 25.8 Å². The molecule has 4 nitrogen and oxygen atoms in total. The summed E-state index contributed by atoms with van der Waals surface area (Å²) in [6.07, 6.45) is 7.36. The van der Waals surface area contributed by atoms with Crippen molar-refractivity contribution in [1.82, 2.24) is 15.1 Å². The highest BCUT2D eigenvalue weighted by atomic mass is 16.5. The van der Waals surface area contributed by atoms with Gasteiger partial charge in [0.2, 0.25) is 0 Å². The third kappa shape index (κ3) is 2.38. The van der Waals surface area contributed by atoms with E-state index in [0.29, 0.717) is 12.6 Å². The first kappa shape index (κ1) is 11.2. The first-order valence-corrected chi connectivity index (χ1v) is 6.64. The zero-order valence-corrected chi connectivity index (χ0v) is 10.5. The summed E-state index contributed by atoms with van der Waals surface area (Å²) in [6.45, 7) is 4.70. The van der Waals surface area contributed by atoms with Crippen LogP contribution in [0.15, 0.2) is 12.3 Å². The molecule has 2 aliphatic rings. The maximum atomic E-state index is 5.89. The topological polar surface area (TPSA) is 39.1 Å². The van der Waals surface area contributed by atoms with E-state index in [9.17, 15) is 0 Å². The second-order valence-electron chi connectivity index (χ2n) is 5.57. The van der Waals surface area contributed by atoms with Crippen LogP contribution in [0, 0.1) is 0 Å². The van der Waals surface area contributed by atoms with Gasteiger partial charge in [-0.25, -0.2) is 0 Å². The van der Waals surface area contributed by atoms with Gasteiger partial charge in [-0.15, -0.1) is 0 Å². The molecule has 0 aromatic carbocycles. The lowest BCUT2D eigenvalue weighted by Gasteiger charge is -2.38. The first-order chi connectivity index (χ1) is 8.25. The Balaban J connectivity index is 1.56. The van der Waals surface area contributed by atoms with Crippen LogP contribution in [-0.2, 0) is 11.3 Å². The summed E-state index contributed by atoms with van der Waals surface area (Å²) in [4.78, 5) is 0. The van der Waals surface area contributed by atoms with Crippen molar-refractivity contribution in [2.45, 2.75) is 50.9 Å². The maximum absolute atomic E-state index is 5.89. The number of nitrogens with zero attached hydrogens (tertiary/aromatic N) is 2. The Morgan fingerprint density at radius 1 is 1.47 bits per heavy atom. The molecular weight excluding hydrogens is 214 g/mol. The molecule has 0 amide bonds. The Hall–Kier alpha value is -0.870. The minimum atomic E-state index is 0.0249. The predicted octanol–water partition coefficient (Wildman–Crippen LogP) is 1.88. The Kier molecular flexibility index (Phi) is 2.92. The van der Waals surface area contributed by atoms with Gasteiger partial charge in [-0.2, -0.15) is 5.10 Å². The molecule has 94 valence electrons. The molecular formula is C13H21N3O. The maximum Gasteiger partial charge on any atom is 0.0915 e. The van der Waals surface area contributed by atoms with Gasteiger partial charge in [0.15, 0.2) is 0 Å². The van der Waals surface area contributed by atoms with Crippen LogP contribution in [0.5, 0.6) is 0 Å². The molecule has 0 spiro atoms. The fourth-order valence-corrected chi connectivity index (χ4v) is 2.65. The molecule has 1 aromatic heterocycles. The summed E-state index contributed by atoms with van der Waals surface area (Å²) in [5.74, 6) is 0. The molecule has 2 fully saturated rings. The van der Waals surface area contributed by atoms with Gasteiger partial charge >= 0.3 is 0 Å². The summed E-state index contributed by atoms with van der Waals surface area (Å²) >= 11 is 0. The third-order valence-electron chi connectivity index (χ3n) is 3.93. The van der Waals surface area contributed by atoms with E-state index in [1.54, 1.807) is 0 Å². The summed E-state index contributed by atoms with van der Waals surface area (Å²) in [6, 6.07) is 2.72. The Morgan fingerprint density at radius 2 is 2.24 bits per heavy atom. The third-order valence-corrected chi connectivity index (χ3v) is 3.93.